The van der Waals surface area contributed by atoms with Crippen LogP contribution in [0, 0.1) is 0 Å². The Morgan fingerprint density at radius 3 is 2.76 bits per heavy atom. The van der Waals surface area contributed by atoms with Gasteiger partial charge in [0.1, 0.15) is 16.3 Å². The van der Waals surface area contributed by atoms with E-state index < -0.39 is 0 Å². The maximum Gasteiger partial charge on any atom is 0.263 e. The van der Waals surface area contributed by atoms with Crippen LogP contribution >= 0.6 is 23.1 Å². The average molecular weight is 539 g/mol. The number of hydrogen-bond donors (Lipinski definition) is 1. The minimum absolute atomic E-state index is 0.0168. The lowest BCUT2D eigenvalue weighted by Crippen LogP contribution is -2.34. The average Bonchev–Trinajstić information content (AvgIpc) is 3.55. The number of hydrogen-bond acceptors (Lipinski definition) is 8. The van der Waals surface area contributed by atoms with Gasteiger partial charge in [-0.1, -0.05) is 23.9 Å². The first-order valence-electron chi connectivity index (χ1n) is 11.8. The van der Waals surface area contributed by atoms with Gasteiger partial charge in [0.05, 0.1) is 37.6 Å². The molecule has 4 aromatic rings. The maximum absolute atomic E-state index is 13.7. The number of furan rings is 1. The Balaban J connectivity index is 1.38. The second kappa shape index (κ2) is 10.8. The SMILES string of the molecule is COc1ccc(CNC(=O)CSc2nc3sc4c(c3c(=O)n2Cc2ccco2)CCN(C(C)=O)C4)cc1. The highest BCUT2D eigenvalue weighted by Gasteiger charge is 2.26. The van der Waals surface area contributed by atoms with E-state index in [-0.39, 0.29) is 29.7 Å². The van der Waals surface area contributed by atoms with Gasteiger partial charge in [-0.2, -0.15) is 0 Å². The summed E-state index contributed by atoms with van der Waals surface area (Å²) < 4.78 is 12.2. The molecule has 1 N–H and O–H groups in total. The molecule has 0 fully saturated rings. The van der Waals surface area contributed by atoms with Crippen LogP contribution in [0.3, 0.4) is 0 Å². The number of thiophene rings is 1. The van der Waals surface area contributed by atoms with Crippen LogP contribution in [-0.2, 0) is 35.6 Å². The summed E-state index contributed by atoms with van der Waals surface area (Å²) >= 11 is 2.66. The van der Waals surface area contributed by atoms with E-state index in [4.69, 9.17) is 14.1 Å². The topological polar surface area (TPSA) is 107 Å². The molecule has 37 heavy (non-hydrogen) atoms. The van der Waals surface area contributed by atoms with Gasteiger partial charge in [0.2, 0.25) is 11.8 Å². The van der Waals surface area contributed by atoms with Gasteiger partial charge in [0.15, 0.2) is 5.16 Å². The number of benzene rings is 1. The van der Waals surface area contributed by atoms with Crippen molar-refractivity contribution in [3.63, 3.8) is 0 Å². The number of amides is 2. The summed E-state index contributed by atoms with van der Waals surface area (Å²) in [7, 11) is 1.61. The van der Waals surface area contributed by atoms with Gasteiger partial charge in [0.25, 0.3) is 5.56 Å². The molecule has 0 bridgehead atoms. The molecule has 1 aromatic carbocycles. The first kappa shape index (κ1) is 25.1. The molecule has 0 saturated heterocycles. The number of fused-ring (bicyclic) bond motifs is 3. The Hall–Kier alpha value is -3.57. The predicted octanol–water partition coefficient (Wildman–Crippen LogP) is 3.42. The second-order valence-corrected chi connectivity index (χ2v) is 10.7. The van der Waals surface area contributed by atoms with Gasteiger partial charge in [-0.05, 0) is 41.8 Å². The van der Waals surface area contributed by atoms with Crippen molar-refractivity contribution in [1.29, 1.82) is 0 Å². The molecule has 4 heterocycles. The molecule has 0 aliphatic carbocycles. The minimum atomic E-state index is -0.165. The molecular weight excluding hydrogens is 512 g/mol. The van der Waals surface area contributed by atoms with Crippen molar-refractivity contribution in [2.45, 2.75) is 38.1 Å². The lowest BCUT2D eigenvalue weighted by molar-refractivity contribution is -0.129. The van der Waals surface area contributed by atoms with Gasteiger partial charge < -0.3 is 19.4 Å². The molecule has 0 atom stereocenters. The van der Waals surface area contributed by atoms with Crippen LogP contribution < -0.4 is 15.6 Å². The van der Waals surface area contributed by atoms with E-state index in [1.54, 1.807) is 41.9 Å². The molecule has 192 valence electrons. The fourth-order valence-corrected chi connectivity index (χ4v) is 6.36. The van der Waals surface area contributed by atoms with Gasteiger partial charge in [-0.15, -0.1) is 11.3 Å². The molecule has 1 aliphatic rings. The summed E-state index contributed by atoms with van der Waals surface area (Å²) in [6.07, 6.45) is 2.18. The largest absolute Gasteiger partial charge is 0.497 e. The monoisotopic (exact) mass is 538 g/mol. The summed E-state index contributed by atoms with van der Waals surface area (Å²) in [5, 5.41) is 3.96. The van der Waals surface area contributed by atoms with Crippen molar-refractivity contribution >= 4 is 45.1 Å². The summed E-state index contributed by atoms with van der Waals surface area (Å²) in [4.78, 5) is 46.4. The normalized spacial score (nSPS) is 13.0. The highest BCUT2D eigenvalue weighted by molar-refractivity contribution is 7.99. The van der Waals surface area contributed by atoms with E-state index in [1.165, 1.54) is 23.1 Å². The highest BCUT2D eigenvalue weighted by atomic mass is 32.2. The highest BCUT2D eigenvalue weighted by Crippen LogP contribution is 2.34. The summed E-state index contributed by atoms with van der Waals surface area (Å²) in [5.74, 6) is 1.34. The number of carbonyl (C=O) groups is 2. The minimum Gasteiger partial charge on any atom is -0.497 e. The van der Waals surface area contributed by atoms with Crippen LogP contribution in [0.15, 0.2) is 57.0 Å². The van der Waals surface area contributed by atoms with Crippen LogP contribution in [-0.4, -0.2) is 45.7 Å². The zero-order valence-corrected chi connectivity index (χ0v) is 22.1. The first-order chi connectivity index (χ1) is 17.9. The zero-order valence-electron chi connectivity index (χ0n) is 20.5. The van der Waals surface area contributed by atoms with Gasteiger partial charge in [-0.3, -0.25) is 19.0 Å². The lowest BCUT2D eigenvalue weighted by Gasteiger charge is -2.25. The molecule has 1 aliphatic heterocycles. The van der Waals surface area contributed by atoms with Crippen LogP contribution in [0.25, 0.3) is 10.2 Å². The van der Waals surface area contributed by atoms with E-state index in [1.807, 2.05) is 24.3 Å². The Labute approximate surface area is 221 Å². The third-order valence-electron chi connectivity index (χ3n) is 6.25. The van der Waals surface area contributed by atoms with Crippen molar-refractivity contribution in [2.24, 2.45) is 0 Å². The lowest BCUT2D eigenvalue weighted by atomic mass is 10.1. The Morgan fingerprint density at radius 2 is 2.05 bits per heavy atom. The van der Waals surface area contributed by atoms with Gasteiger partial charge in [-0.25, -0.2) is 4.98 Å². The third-order valence-corrected chi connectivity index (χ3v) is 8.33. The molecule has 5 rings (SSSR count). The standard InChI is InChI=1S/C26H26N4O5S2/c1-16(31)29-10-9-20-21(14-29)37-24-23(20)25(33)30(13-19-4-3-11-35-19)26(28-24)36-15-22(32)27-12-17-5-7-18(34-2)8-6-17/h3-8,11H,9-10,12-15H2,1-2H3,(H,27,32). The summed E-state index contributed by atoms with van der Waals surface area (Å²) in [6, 6.07) is 11.1. The quantitative estimate of drug-likeness (QED) is 0.271. The zero-order chi connectivity index (χ0) is 25.9. The van der Waals surface area contributed by atoms with Crippen molar-refractivity contribution in [2.75, 3.05) is 19.4 Å². The van der Waals surface area contributed by atoms with Crippen molar-refractivity contribution < 1.29 is 18.7 Å². The molecule has 0 spiro atoms. The number of ether oxygens (including phenoxy) is 1. The van der Waals surface area contributed by atoms with E-state index in [2.05, 4.69) is 5.32 Å². The molecule has 0 radical (unpaired) electrons. The predicted molar refractivity (Wildman–Crippen MR) is 142 cm³/mol. The molecule has 9 nitrogen and oxygen atoms in total. The summed E-state index contributed by atoms with van der Waals surface area (Å²) in [6.45, 7) is 3.23. The van der Waals surface area contributed by atoms with Gasteiger partial charge >= 0.3 is 0 Å². The smallest absolute Gasteiger partial charge is 0.263 e. The van der Waals surface area contributed by atoms with E-state index in [0.717, 1.165) is 21.8 Å². The molecule has 11 heteroatoms. The fraction of sp³-hybridized carbons (Fsp3) is 0.308. The first-order valence-corrected chi connectivity index (χ1v) is 13.6. The Bertz CT molecular complexity index is 1490. The van der Waals surface area contributed by atoms with Crippen molar-refractivity contribution in [1.82, 2.24) is 19.8 Å². The van der Waals surface area contributed by atoms with Crippen LogP contribution in [0.1, 0.15) is 28.7 Å². The van der Waals surface area contributed by atoms with Crippen molar-refractivity contribution in [3.05, 3.63) is 74.8 Å². The number of aromatic nitrogens is 2. The Kier molecular flexibility index (Phi) is 7.33. The van der Waals surface area contributed by atoms with Crippen molar-refractivity contribution in [3.8, 4) is 5.75 Å². The van der Waals surface area contributed by atoms with E-state index in [9.17, 15) is 14.4 Å². The second-order valence-electron chi connectivity index (χ2n) is 8.65. The Morgan fingerprint density at radius 1 is 1.24 bits per heavy atom. The molecule has 0 saturated carbocycles. The number of nitrogens with one attached hydrogen (secondary N) is 1. The van der Waals surface area contributed by atoms with E-state index in [0.29, 0.717) is 47.2 Å². The summed E-state index contributed by atoms with van der Waals surface area (Å²) in [5.41, 5.74) is 1.77. The maximum atomic E-state index is 13.7. The number of nitrogens with zero attached hydrogens (tertiary/aromatic N) is 3. The number of carbonyl (C=O) groups excluding carboxylic acids is 2. The molecule has 3 aromatic heterocycles. The van der Waals surface area contributed by atoms with Crippen LogP contribution in [0.2, 0.25) is 0 Å². The molecular formula is C26H26N4O5S2. The molecule has 0 unspecified atom stereocenters. The van der Waals surface area contributed by atoms with Crippen LogP contribution in [0.5, 0.6) is 5.75 Å². The van der Waals surface area contributed by atoms with Crippen LogP contribution in [0.4, 0.5) is 0 Å². The number of thioether (sulfide) groups is 1. The fourth-order valence-electron chi connectivity index (χ4n) is 4.26. The number of methoxy groups -OCH3 is 1. The number of rotatable bonds is 8. The molecule has 2 amide bonds. The van der Waals surface area contributed by atoms with Gasteiger partial charge in [0, 0.05) is 24.9 Å². The third kappa shape index (κ3) is 5.42. The van der Waals surface area contributed by atoms with E-state index >= 15 is 0 Å².